The Kier molecular flexibility index (Phi) is 7.15. The molecular weight excluding hydrogens is 392 g/mol. The second kappa shape index (κ2) is 10.2. The van der Waals surface area contributed by atoms with E-state index in [1.54, 1.807) is 55.5 Å². The molecule has 0 saturated heterocycles. The molecule has 3 aromatic rings. The molecule has 3 aromatic carbocycles. The molecule has 1 amide bonds. The van der Waals surface area contributed by atoms with Crippen molar-refractivity contribution in [2.75, 3.05) is 18.5 Å². The van der Waals surface area contributed by atoms with Crippen LogP contribution in [0.5, 0.6) is 0 Å². The Morgan fingerprint density at radius 1 is 0.903 bits per heavy atom. The van der Waals surface area contributed by atoms with Crippen LogP contribution < -0.4 is 5.32 Å². The Hall–Kier alpha value is -3.95. The molecule has 0 aliphatic carbocycles. The van der Waals surface area contributed by atoms with E-state index in [0.717, 1.165) is 0 Å². The maximum Gasteiger partial charge on any atom is 0.348 e. The first-order chi connectivity index (χ1) is 15.1. The van der Waals surface area contributed by atoms with Gasteiger partial charge in [-0.3, -0.25) is 4.79 Å². The molecule has 3 rings (SSSR count). The number of carbonyl (C=O) groups excluding carboxylic acids is 2. The number of hydrogen-bond acceptors (Lipinski definition) is 5. The Bertz CT molecular complexity index is 1040. The summed E-state index contributed by atoms with van der Waals surface area (Å²) in [7, 11) is 0. The van der Waals surface area contributed by atoms with E-state index in [4.69, 9.17) is 14.7 Å². The van der Waals surface area contributed by atoms with Gasteiger partial charge in [0.2, 0.25) is 5.60 Å². The molecule has 0 saturated carbocycles. The Balaban J connectivity index is 1.85. The number of para-hydroxylation sites is 1. The second-order valence-corrected chi connectivity index (χ2v) is 6.63. The summed E-state index contributed by atoms with van der Waals surface area (Å²) >= 11 is 0. The summed E-state index contributed by atoms with van der Waals surface area (Å²) in [4.78, 5) is 25.8. The fraction of sp³-hybridized carbons (Fsp3) is 0.160. The summed E-state index contributed by atoms with van der Waals surface area (Å²) in [6.07, 6.45) is 0. The van der Waals surface area contributed by atoms with Gasteiger partial charge in [-0.15, -0.1) is 0 Å². The zero-order valence-electron chi connectivity index (χ0n) is 17.1. The Morgan fingerprint density at radius 3 is 2.00 bits per heavy atom. The van der Waals surface area contributed by atoms with Crippen LogP contribution in [0.15, 0.2) is 84.9 Å². The van der Waals surface area contributed by atoms with Crippen LogP contribution in [0.25, 0.3) is 0 Å². The predicted molar refractivity (Wildman–Crippen MR) is 116 cm³/mol. The number of hydrogen-bond donors (Lipinski definition) is 1. The van der Waals surface area contributed by atoms with Crippen molar-refractivity contribution < 1.29 is 19.1 Å². The van der Waals surface area contributed by atoms with E-state index in [0.29, 0.717) is 22.4 Å². The van der Waals surface area contributed by atoms with Gasteiger partial charge in [0.25, 0.3) is 5.91 Å². The summed E-state index contributed by atoms with van der Waals surface area (Å²) in [6.45, 7) is 1.52. The first-order valence-electron chi connectivity index (χ1n) is 9.83. The lowest BCUT2D eigenvalue weighted by Gasteiger charge is -2.32. The van der Waals surface area contributed by atoms with E-state index in [9.17, 15) is 9.59 Å². The summed E-state index contributed by atoms with van der Waals surface area (Å²) in [6, 6.07) is 26.7. The number of anilines is 1. The quantitative estimate of drug-likeness (QED) is 0.563. The molecule has 0 heterocycles. The summed E-state index contributed by atoms with van der Waals surface area (Å²) in [5, 5.41) is 11.8. The summed E-state index contributed by atoms with van der Waals surface area (Å²) in [5.74, 6) is -1.25. The minimum Gasteiger partial charge on any atom is -0.453 e. The standard InChI is InChI=1S/C25H22N2O4/c1-2-31-25(20-12-5-3-6-13-20,21-14-7-4-8-15-21)24(29)30-18-23(28)27-22-16-10-9-11-19(22)17-26/h3-16H,2,18H2,1H3,(H,27,28). The van der Waals surface area contributed by atoms with Crippen LogP contribution in [-0.2, 0) is 24.7 Å². The monoisotopic (exact) mass is 414 g/mol. The van der Waals surface area contributed by atoms with Crippen molar-refractivity contribution in [1.29, 1.82) is 5.26 Å². The van der Waals surface area contributed by atoms with Crippen LogP contribution in [-0.4, -0.2) is 25.1 Å². The van der Waals surface area contributed by atoms with Crippen molar-refractivity contribution in [3.63, 3.8) is 0 Å². The van der Waals surface area contributed by atoms with E-state index in [-0.39, 0.29) is 6.61 Å². The molecule has 0 radical (unpaired) electrons. The smallest absolute Gasteiger partial charge is 0.348 e. The molecular formula is C25H22N2O4. The highest BCUT2D eigenvalue weighted by molar-refractivity contribution is 5.95. The van der Waals surface area contributed by atoms with Gasteiger partial charge in [-0.05, 0) is 30.2 Å². The molecule has 0 aliphatic rings. The molecule has 1 N–H and O–H groups in total. The normalized spacial score (nSPS) is 10.7. The van der Waals surface area contributed by atoms with Gasteiger partial charge in [0.1, 0.15) is 6.07 Å². The van der Waals surface area contributed by atoms with Crippen molar-refractivity contribution in [1.82, 2.24) is 0 Å². The van der Waals surface area contributed by atoms with E-state index in [1.165, 1.54) is 0 Å². The van der Waals surface area contributed by atoms with Gasteiger partial charge >= 0.3 is 5.97 Å². The third-order valence-electron chi connectivity index (χ3n) is 4.66. The highest BCUT2D eigenvalue weighted by atomic mass is 16.6. The van der Waals surface area contributed by atoms with Gasteiger partial charge in [0.15, 0.2) is 6.61 Å². The van der Waals surface area contributed by atoms with E-state index >= 15 is 0 Å². The molecule has 0 aliphatic heterocycles. The molecule has 156 valence electrons. The molecule has 6 nitrogen and oxygen atoms in total. The van der Waals surface area contributed by atoms with E-state index < -0.39 is 24.1 Å². The van der Waals surface area contributed by atoms with Crippen molar-refractivity contribution in [3.8, 4) is 6.07 Å². The summed E-state index contributed by atoms with van der Waals surface area (Å²) in [5.41, 5.74) is 0.362. The van der Waals surface area contributed by atoms with E-state index in [1.807, 2.05) is 42.5 Å². The highest BCUT2D eigenvalue weighted by Crippen LogP contribution is 2.35. The number of amides is 1. The first-order valence-corrected chi connectivity index (χ1v) is 9.83. The molecule has 0 spiro atoms. The van der Waals surface area contributed by atoms with Crippen LogP contribution >= 0.6 is 0 Å². The zero-order valence-corrected chi connectivity index (χ0v) is 17.1. The topological polar surface area (TPSA) is 88.4 Å². The number of nitrogens with zero attached hydrogens (tertiary/aromatic N) is 1. The molecule has 6 heteroatoms. The lowest BCUT2D eigenvalue weighted by atomic mass is 9.86. The number of benzene rings is 3. The first kappa shape index (κ1) is 21.8. The fourth-order valence-electron chi connectivity index (χ4n) is 3.30. The van der Waals surface area contributed by atoms with Crippen LogP contribution in [0, 0.1) is 11.3 Å². The van der Waals surface area contributed by atoms with E-state index in [2.05, 4.69) is 5.32 Å². The zero-order chi connectivity index (χ0) is 22.1. The molecule has 0 fully saturated rings. The largest absolute Gasteiger partial charge is 0.453 e. The molecule has 31 heavy (non-hydrogen) atoms. The minimum atomic E-state index is -1.51. The number of carbonyl (C=O) groups is 2. The number of ether oxygens (including phenoxy) is 2. The van der Waals surface area contributed by atoms with Crippen LogP contribution in [0.1, 0.15) is 23.6 Å². The lowest BCUT2D eigenvalue weighted by molar-refractivity contribution is -0.169. The fourth-order valence-corrected chi connectivity index (χ4v) is 3.30. The van der Waals surface area contributed by atoms with Crippen molar-refractivity contribution in [2.24, 2.45) is 0 Å². The number of rotatable bonds is 8. The molecule has 0 atom stereocenters. The van der Waals surface area contributed by atoms with Crippen LogP contribution in [0.2, 0.25) is 0 Å². The van der Waals surface area contributed by atoms with Gasteiger partial charge in [0.05, 0.1) is 11.3 Å². The van der Waals surface area contributed by atoms with Crippen molar-refractivity contribution in [3.05, 3.63) is 102 Å². The minimum absolute atomic E-state index is 0.251. The average molecular weight is 414 g/mol. The van der Waals surface area contributed by atoms with Crippen molar-refractivity contribution in [2.45, 2.75) is 12.5 Å². The Morgan fingerprint density at radius 2 is 1.45 bits per heavy atom. The number of nitriles is 1. The third kappa shape index (κ3) is 4.80. The highest BCUT2D eigenvalue weighted by Gasteiger charge is 2.45. The maximum atomic E-state index is 13.4. The van der Waals surface area contributed by atoms with Gasteiger partial charge in [-0.25, -0.2) is 4.79 Å². The maximum absolute atomic E-state index is 13.4. The Labute approximate surface area is 181 Å². The van der Waals surface area contributed by atoms with Crippen LogP contribution in [0.4, 0.5) is 5.69 Å². The number of nitrogens with one attached hydrogen (secondary N) is 1. The summed E-state index contributed by atoms with van der Waals surface area (Å²) < 4.78 is 11.4. The SMILES string of the molecule is CCOC(C(=O)OCC(=O)Nc1ccccc1C#N)(c1ccccc1)c1ccccc1. The van der Waals surface area contributed by atoms with Crippen molar-refractivity contribution >= 4 is 17.6 Å². The molecule has 0 aromatic heterocycles. The average Bonchev–Trinajstić information content (AvgIpc) is 2.82. The molecule has 0 bridgehead atoms. The number of esters is 1. The lowest BCUT2D eigenvalue weighted by Crippen LogP contribution is -2.42. The third-order valence-corrected chi connectivity index (χ3v) is 4.66. The van der Waals surface area contributed by atoms with Gasteiger partial charge in [0, 0.05) is 6.61 Å². The predicted octanol–water partition coefficient (Wildman–Crippen LogP) is 4.02. The second-order valence-electron chi connectivity index (χ2n) is 6.63. The van der Waals surface area contributed by atoms with Gasteiger partial charge < -0.3 is 14.8 Å². The van der Waals surface area contributed by atoms with Gasteiger partial charge in [-0.1, -0.05) is 72.8 Å². The van der Waals surface area contributed by atoms with Crippen LogP contribution in [0.3, 0.4) is 0 Å². The van der Waals surface area contributed by atoms with Gasteiger partial charge in [-0.2, -0.15) is 5.26 Å². The molecule has 0 unspecified atom stereocenters.